The summed E-state index contributed by atoms with van der Waals surface area (Å²) in [6.07, 6.45) is 4.88. The van der Waals surface area contributed by atoms with E-state index in [0.717, 1.165) is 47.5 Å². The third-order valence-corrected chi connectivity index (χ3v) is 9.92. The highest BCUT2D eigenvalue weighted by Gasteiger charge is 2.33. The lowest BCUT2D eigenvalue weighted by Crippen LogP contribution is -2.53. The molecule has 1 aliphatic rings. The van der Waals surface area contributed by atoms with Crippen molar-refractivity contribution < 1.29 is 22.4 Å². The van der Waals surface area contributed by atoms with Gasteiger partial charge >= 0.3 is 0 Å². The fourth-order valence-electron chi connectivity index (χ4n) is 5.10. The monoisotopic (exact) mass is 613 g/mol. The zero-order chi connectivity index (χ0) is 30.4. The molecule has 1 aliphatic carbocycles. The molecule has 0 spiro atoms. The van der Waals surface area contributed by atoms with Crippen LogP contribution in [0, 0.1) is 19.7 Å². The summed E-state index contributed by atoms with van der Waals surface area (Å²) in [5, 5.41) is 3.42. The van der Waals surface area contributed by atoms with Crippen molar-refractivity contribution in [3.05, 3.63) is 94.3 Å². The van der Waals surface area contributed by atoms with Gasteiger partial charge in [0, 0.05) is 23.2 Å². The molecule has 1 fully saturated rings. The minimum Gasteiger partial charge on any atom is -0.352 e. The second kappa shape index (κ2) is 13.7. The average Bonchev–Trinajstić information content (AvgIpc) is 2.97. The lowest BCUT2D eigenvalue weighted by Gasteiger charge is -2.33. The maximum Gasteiger partial charge on any atom is 0.264 e. The number of nitrogens with one attached hydrogen (secondary N) is 1. The van der Waals surface area contributed by atoms with Gasteiger partial charge in [0.25, 0.3) is 10.0 Å². The SMILES string of the molecule is Cc1ccc(N(CC(=O)N(Cc2ccccc2F)[C@H](C)C(=O)NC2CCCCC2)S(=O)(=O)c2ccc(Cl)cc2)cc1C. The largest absolute Gasteiger partial charge is 0.352 e. The number of hydrogen-bond acceptors (Lipinski definition) is 4. The van der Waals surface area contributed by atoms with Crippen LogP contribution in [-0.2, 0) is 26.2 Å². The van der Waals surface area contributed by atoms with Crippen LogP contribution in [0.15, 0.2) is 71.6 Å². The molecular formula is C32H37ClFN3O4S. The first kappa shape index (κ1) is 31.5. The number of sulfonamides is 1. The number of aryl methyl sites for hydroxylation is 2. The summed E-state index contributed by atoms with van der Waals surface area (Å²) in [5.74, 6) is -1.51. The Hall–Kier alpha value is -3.43. The Kier molecular flexibility index (Phi) is 10.3. The molecule has 1 saturated carbocycles. The van der Waals surface area contributed by atoms with Gasteiger partial charge in [-0.15, -0.1) is 0 Å². The molecule has 0 bridgehead atoms. The van der Waals surface area contributed by atoms with Gasteiger partial charge in [-0.3, -0.25) is 13.9 Å². The van der Waals surface area contributed by atoms with Crippen LogP contribution in [0.25, 0.3) is 0 Å². The van der Waals surface area contributed by atoms with Crippen LogP contribution in [0.3, 0.4) is 0 Å². The third-order valence-electron chi connectivity index (χ3n) is 7.88. The van der Waals surface area contributed by atoms with E-state index >= 15 is 0 Å². The molecule has 0 aromatic heterocycles. The fourth-order valence-corrected chi connectivity index (χ4v) is 6.64. The van der Waals surface area contributed by atoms with E-state index in [4.69, 9.17) is 11.6 Å². The number of anilines is 1. The van der Waals surface area contributed by atoms with Crippen molar-refractivity contribution >= 4 is 39.1 Å². The lowest BCUT2D eigenvalue weighted by molar-refractivity contribution is -0.139. The van der Waals surface area contributed by atoms with Crippen molar-refractivity contribution in [3.63, 3.8) is 0 Å². The summed E-state index contributed by atoms with van der Waals surface area (Å²) >= 11 is 6.01. The Bertz CT molecular complexity index is 1520. The van der Waals surface area contributed by atoms with E-state index in [9.17, 15) is 22.4 Å². The van der Waals surface area contributed by atoms with Crippen molar-refractivity contribution in [2.75, 3.05) is 10.8 Å². The van der Waals surface area contributed by atoms with Crippen LogP contribution in [-0.4, -0.2) is 43.8 Å². The first-order valence-electron chi connectivity index (χ1n) is 14.2. The van der Waals surface area contributed by atoms with E-state index in [1.807, 2.05) is 13.8 Å². The fraction of sp³-hybridized carbons (Fsp3) is 0.375. The van der Waals surface area contributed by atoms with Gasteiger partial charge in [-0.05, 0) is 87.2 Å². The van der Waals surface area contributed by atoms with Crippen molar-refractivity contribution in [2.24, 2.45) is 0 Å². The van der Waals surface area contributed by atoms with Crippen LogP contribution in [0.4, 0.5) is 10.1 Å². The van der Waals surface area contributed by atoms with Gasteiger partial charge in [0.05, 0.1) is 10.6 Å². The van der Waals surface area contributed by atoms with Crippen LogP contribution in [0.1, 0.15) is 55.7 Å². The molecule has 10 heteroatoms. The van der Waals surface area contributed by atoms with Crippen molar-refractivity contribution in [1.29, 1.82) is 0 Å². The average molecular weight is 614 g/mol. The van der Waals surface area contributed by atoms with Crippen molar-refractivity contribution in [2.45, 2.75) is 76.4 Å². The highest BCUT2D eigenvalue weighted by molar-refractivity contribution is 7.92. The van der Waals surface area contributed by atoms with Gasteiger partial charge in [-0.25, -0.2) is 12.8 Å². The number of amides is 2. The molecule has 1 N–H and O–H groups in total. The Balaban J connectivity index is 1.70. The maximum absolute atomic E-state index is 14.7. The first-order chi connectivity index (χ1) is 20.0. The van der Waals surface area contributed by atoms with Gasteiger partial charge in [0.1, 0.15) is 18.4 Å². The van der Waals surface area contributed by atoms with E-state index in [1.165, 1.54) is 35.2 Å². The van der Waals surface area contributed by atoms with Gasteiger partial charge < -0.3 is 10.2 Å². The zero-order valence-electron chi connectivity index (χ0n) is 24.1. The number of halogens is 2. The van der Waals surface area contributed by atoms with E-state index in [0.29, 0.717) is 10.7 Å². The van der Waals surface area contributed by atoms with E-state index in [2.05, 4.69) is 5.32 Å². The summed E-state index contributed by atoms with van der Waals surface area (Å²) in [4.78, 5) is 28.7. The van der Waals surface area contributed by atoms with Crippen LogP contribution < -0.4 is 9.62 Å². The summed E-state index contributed by atoms with van der Waals surface area (Å²) in [5.41, 5.74) is 2.33. The third kappa shape index (κ3) is 7.50. The summed E-state index contributed by atoms with van der Waals surface area (Å²) in [7, 11) is -4.23. The van der Waals surface area contributed by atoms with E-state index in [1.54, 1.807) is 43.3 Å². The molecule has 224 valence electrons. The van der Waals surface area contributed by atoms with Crippen LogP contribution in [0.2, 0.25) is 5.02 Å². The molecular weight excluding hydrogens is 577 g/mol. The predicted octanol–water partition coefficient (Wildman–Crippen LogP) is 6.16. The van der Waals surface area contributed by atoms with Crippen molar-refractivity contribution in [3.8, 4) is 0 Å². The van der Waals surface area contributed by atoms with Crippen LogP contribution >= 0.6 is 11.6 Å². The zero-order valence-corrected chi connectivity index (χ0v) is 25.7. The molecule has 7 nitrogen and oxygen atoms in total. The summed E-state index contributed by atoms with van der Waals surface area (Å²) < 4.78 is 43.7. The second-order valence-electron chi connectivity index (χ2n) is 10.9. The van der Waals surface area contributed by atoms with Gasteiger partial charge in [0.2, 0.25) is 11.8 Å². The van der Waals surface area contributed by atoms with Gasteiger partial charge in [0.15, 0.2) is 0 Å². The molecule has 0 radical (unpaired) electrons. The van der Waals surface area contributed by atoms with E-state index in [-0.39, 0.29) is 29.0 Å². The molecule has 42 heavy (non-hydrogen) atoms. The topological polar surface area (TPSA) is 86.8 Å². The smallest absolute Gasteiger partial charge is 0.264 e. The van der Waals surface area contributed by atoms with Gasteiger partial charge in [-0.2, -0.15) is 0 Å². The first-order valence-corrected chi connectivity index (χ1v) is 16.0. The molecule has 0 unspecified atom stereocenters. The lowest BCUT2D eigenvalue weighted by atomic mass is 9.95. The minimum atomic E-state index is -4.23. The standard InChI is InChI=1S/C32H37ClFN3O4S/c1-22-13-16-28(19-23(22)2)37(42(40,41)29-17-14-26(33)15-18-29)21-31(38)36(20-25-9-7-8-12-30(25)34)24(3)32(39)35-27-10-5-4-6-11-27/h7-9,12-19,24,27H,4-6,10-11,20-21H2,1-3H3,(H,35,39)/t24-/m1/s1. The highest BCUT2D eigenvalue weighted by atomic mass is 35.5. The number of hydrogen-bond donors (Lipinski definition) is 1. The summed E-state index contributed by atoms with van der Waals surface area (Å²) in [6.45, 7) is 4.56. The molecule has 3 aromatic rings. The van der Waals surface area contributed by atoms with Crippen molar-refractivity contribution in [1.82, 2.24) is 10.2 Å². The van der Waals surface area contributed by atoms with E-state index < -0.39 is 34.3 Å². The molecule has 0 aliphatic heterocycles. The number of benzene rings is 3. The highest BCUT2D eigenvalue weighted by Crippen LogP contribution is 2.27. The maximum atomic E-state index is 14.7. The predicted molar refractivity (Wildman–Crippen MR) is 163 cm³/mol. The molecule has 0 heterocycles. The Labute approximate surface area is 252 Å². The van der Waals surface area contributed by atoms with Gasteiger partial charge in [-0.1, -0.05) is 55.1 Å². The summed E-state index contributed by atoms with van der Waals surface area (Å²) in [6, 6.07) is 15.9. The molecule has 4 rings (SSSR count). The molecule has 2 amide bonds. The number of carbonyl (C=O) groups excluding carboxylic acids is 2. The Morgan fingerprint density at radius 3 is 2.29 bits per heavy atom. The van der Waals surface area contributed by atoms with Crippen LogP contribution in [0.5, 0.6) is 0 Å². The molecule has 1 atom stereocenters. The number of rotatable bonds is 10. The second-order valence-corrected chi connectivity index (χ2v) is 13.2. The number of carbonyl (C=O) groups is 2. The Morgan fingerprint density at radius 2 is 1.64 bits per heavy atom. The number of nitrogens with zero attached hydrogens (tertiary/aromatic N) is 2. The Morgan fingerprint density at radius 1 is 0.976 bits per heavy atom. The molecule has 0 saturated heterocycles. The normalized spacial score (nSPS) is 14.7. The minimum absolute atomic E-state index is 0.0106. The quantitative estimate of drug-likeness (QED) is 0.297. The molecule has 3 aromatic carbocycles.